The van der Waals surface area contributed by atoms with Crippen LogP contribution >= 0.6 is 0 Å². The van der Waals surface area contributed by atoms with Crippen molar-refractivity contribution in [2.24, 2.45) is 11.1 Å². The minimum Gasteiger partial charge on any atom is -0.393 e. The zero-order valence-electron chi connectivity index (χ0n) is 19.4. The summed E-state index contributed by atoms with van der Waals surface area (Å²) in [7, 11) is 0. The number of allylic oxidation sites excluding steroid dienone is 2. The van der Waals surface area contributed by atoms with Gasteiger partial charge in [0.2, 0.25) is 5.91 Å². The Balaban J connectivity index is 1.61. The predicted octanol–water partition coefficient (Wildman–Crippen LogP) is 3.46. The fourth-order valence-electron chi connectivity index (χ4n) is 5.71. The van der Waals surface area contributed by atoms with Gasteiger partial charge < -0.3 is 20.7 Å². The number of nitrogens with two attached hydrogens (primary N) is 1. The van der Waals surface area contributed by atoms with Crippen LogP contribution < -0.4 is 11.1 Å². The van der Waals surface area contributed by atoms with Gasteiger partial charge in [-0.15, -0.1) is 0 Å². The van der Waals surface area contributed by atoms with E-state index in [2.05, 4.69) is 28.7 Å². The molecule has 0 saturated heterocycles. The van der Waals surface area contributed by atoms with Gasteiger partial charge in [-0.3, -0.25) is 9.59 Å². The van der Waals surface area contributed by atoms with Crippen molar-refractivity contribution < 1.29 is 14.7 Å². The standard InChI is InChI=1S/C26H32N4O3/c1-26(2)13-21-23(22(32)14-26)19-4-3-11-28-25(19)30(21)16-7-10-18(24(27)33)20(12-16)29-15-5-8-17(31)9-6-15/h3-4,11-12,15,17,29,31H,5-10,13-14H2,1-2H3,(H2,27,33)/t15-,17-. The summed E-state index contributed by atoms with van der Waals surface area (Å²) in [4.78, 5) is 30.0. The number of nitrogens with zero attached hydrogens (tertiary/aromatic N) is 2. The molecule has 33 heavy (non-hydrogen) atoms. The highest BCUT2D eigenvalue weighted by molar-refractivity contribution is 6.10. The first-order valence-electron chi connectivity index (χ1n) is 11.9. The SMILES string of the molecule is CC1(C)CC(=O)c2c(n(C3=CC(N[C@H]4CC[C@H](O)CC4)=C(C(N)=O)CC3)c3ncccc23)C1. The minimum atomic E-state index is -0.405. The lowest BCUT2D eigenvalue weighted by Gasteiger charge is -2.32. The first kappa shape index (κ1) is 21.9. The van der Waals surface area contributed by atoms with Crippen molar-refractivity contribution in [1.82, 2.24) is 14.9 Å². The number of aliphatic hydroxyl groups excluding tert-OH is 1. The third-order valence-corrected chi connectivity index (χ3v) is 7.30. The molecule has 0 radical (unpaired) electrons. The lowest BCUT2D eigenvalue weighted by atomic mass is 9.75. The van der Waals surface area contributed by atoms with Crippen LogP contribution in [0, 0.1) is 5.41 Å². The van der Waals surface area contributed by atoms with E-state index in [1.54, 1.807) is 6.20 Å². The summed E-state index contributed by atoms with van der Waals surface area (Å²) in [5.41, 5.74) is 10.6. The molecule has 7 nitrogen and oxygen atoms in total. The van der Waals surface area contributed by atoms with Gasteiger partial charge in [-0.2, -0.15) is 0 Å². The second-order valence-electron chi connectivity index (χ2n) is 10.5. The quantitative estimate of drug-likeness (QED) is 0.663. The summed E-state index contributed by atoms with van der Waals surface area (Å²) < 4.78 is 2.15. The van der Waals surface area contributed by atoms with Crippen molar-refractivity contribution in [3.63, 3.8) is 0 Å². The zero-order valence-corrected chi connectivity index (χ0v) is 19.4. The third kappa shape index (κ3) is 3.99. The van der Waals surface area contributed by atoms with E-state index in [0.29, 0.717) is 24.8 Å². The highest BCUT2D eigenvalue weighted by atomic mass is 16.3. The average Bonchev–Trinajstić information content (AvgIpc) is 3.08. The van der Waals surface area contributed by atoms with Crippen molar-refractivity contribution >= 4 is 28.4 Å². The Hall–Kier alpha value is -2.93. The van der Waals surface area contributed by atoms with Crippen LogP contribution in [0.3, 0.4) is 0 Å². The van der Waals surface area contributed by atoms with Gasteiger partial charge >= 0.3 is 0 Å². The van der Waals surface area contributed by atoms with Crippen LogP contribution in [0.5, 0.6) is 0 Å². The van der Waals surface area contributed by atoms with Crippen LogP contribution in [-0.4, -0.2) is 38.5 Å². The van der Waals surface area contributed by atoms with E-state index in [9.17, 15) is 14.7 Å². The summed E-state index contributed by atoms with van der Waals surface area (Å²) >= 11 is 0. The normalized spacial score (nSPS) is 25.1. The van der Waals surface area contributed by atoms with Crippen molar-refractivity contribution in [2.75, 3.05) is 0 Å². The Labute approximate surface area is 193 Å². The highest BCUT2D eigenvalue weighted by Gasteiger charge is 2.37. The second-order valence-corrected chi connectivity index (χ2v) is 10.5. The molecule has 2 aromatic rings. The number of aromatic nitrogens is 2. The Morgan fingerprint density at radius 3 is 2.70 bits per heavy atom. The molecular weight excluding hydrogens is 416 g/mol. The first-order chi connectivity index (χ1) is 15.7. The molecule has 7 heteroatoms. The van der Waals surface area contributed by atoms with E-state index in [1.807, 2.05) is 18.2 Å². The monoisotopic (exact) mass is 448 g/mol. The summed E-state index contributed by atoms with van der Waals surface area (Å²) in [6.07, 6.45) is 9.26. The molecular formula is C26H32N4O3. The van der Waals surface area contributed by atoms with Crippen LogP contribution in [0.15, 0.2) is 35.7 Å². The molecule has 3 aliphatic rings. The maximum Gasteiger partial charge on any atom is 0.246 e. The number of carbonyl (C=O) groups excluding carboxylic acids is 2. The van der Waals surface area contributed by atoms with Crippen molar-refractivity contribution in [3.05, 3.63) is 46.9 Å². The van der Waals surface area contributed by atoms with Crippen LogP contribution in [0.1, 0.15) is 74.8 Å². The van der Waals surface area contributed by atoms with Crippen molar-refractivity contribution in [3.8, 4) is 0 Å². The number of aliphatic hydroxyl groups is 1. The number of Topliss-reactive ketones (excluding diaryl/α,β-unsaturated/α-hetero) is 1. The molecule has 2 aromatic heterocycles. The number of hydrogen-bond donors (Lipinski definition) is 3. The van der Waals surface area contributed by atoms with Gasteiger partial charge in [0.05, 0.1) is 6.10 Å². The zero-order chi connectivity index (χ0) is 23.3. The van der Waals surface area contributed by atoms with Gasteiger partial charge in [0, 0.05) is 52.3 Å². The summed E-state index contributed by atoms with van der Waals surface area (Å²) in [6, 6.07) is 4.06. The topological polar surface area (TPSA) is 110 Å². The summed E-state index contributed by atoms with van der Waals surface area (Å²) in [5, 5.41) is 14.3. The number of ketones is 1. The van der Waals surface area contributed by atoms with Crippen LogP contribution in [0.25, 0.3) is 16.7 Å². The Kier molecular flexibility index (Phi) is 5.40. The van der Waals surface area contributed by atoms with Crippen LogP contribution in [-0.2, 0) is 11.2 Å². The van der Waals surface area contributed by atoms with Gasteiger partial charge in [-0.25, -0.2) is 4.98 Å². The lowest BCUT2D eigenvalue weighted by molar-refractivity contribution is -0.114. The number of pyridine rings is 1. The molecule has 2 heterocycles. The molecule has 0 unspecified atom stereocenters. The van der Waals surface area contributed by atoms with Crippen molar-refractivity contribution in [2.45, 2.75) is 77.4 Å². The van der Waals surface area contributed by atoms with Crippen LogP contribution in [0.2, 0.25) is 0 Å². The van der Waals surface area contributed by atoms with E-state index in [0.717, 1.165) is 65.8 Å². The molecule has 1 amide bonds. The largest absolute Gasteiger partial charge is 0.393 e. The number of carbonyl (C=O) groups is 2. The Morgan fingerprint density at radius 1 is 1.21 bits per heavy atom. The molecule has 3 aliphatic carbocycles. The highest BCUT2D eigenvalue weighted by Crippen LogP contribution is 2.42. The minimum absolute atomic E-state index is 0.121. The maximum absolute atomic E-state index is 13.1. The number of nitrogens with one attached hydrogen (secondary N) is 1. The summed E-state index contributed by atoms with van der Waals surface area (Å²) in [6.45, 7) is 4.27. The lowest BCUT2D eigenvalue weighted by Crippen LogP contribution is -2.36. The van der Waals surface area contributed by atoms with E-state index < -0.39 is 5.91 Å². The van der Waals surface area contributed by atoms with E-state index in [4.69, 9.17) is 5.73 Å². The average molecular weight is 449 g/mol. The van der Waals surface area contributed by atoms with Crippen molar-refractivity contribution in [1.29, 1.82) is 0 Å². The number of fused-ring (bicyclic) bond motifs is 3. The molecule has 5 rings (SSSR count). The van der Waals surface area contributed by atoms with Gasteiger partial charge in [0.1, 0.15) is 5.65 Å². The molecule has 1 fully saturated rings. The fraction of sp³-hybridized carbons (Fsp3) is 0.500. The molecule has 0 atom stereocenters. The molecule has 0 bridgehead atoms. The Morgan fingerprint density at radius 2 is 1.97 bits per heavy atom. The molecule has 4 N–H and O–H groups in total. The van der Waals surface area contributed by atoms with Gasteiger partial charge in [-0.05, 0) is 68.6 Å². The predicted molar refractivity (Wildman–Crippen MR) is 127 cm³/mol. The Bertz CT molecular complexity index is 1200. The first-order valence-corrected chi connectivity index (χ1v) is 11.9. The van der Waals surface area contributed by atoms with Crippen LogP contribution in [0.4, 0.5) is 0 Å². The molecule has 0 aliphatic heterocycles. The number of amides is 1. The maximum atomic E-state index is 13.1. The smallest absolute Gasteiger partial charge is 0.246 e. The number of hydrogen-bond acceptors (Lipinski definition) is 5. The molecule has 0 aromatic carbocycles. The van der Waals surface area contributed by atoms with E-state index in [-0.39, 0.29) is 23.3 Å². The molecule has 174 valence electrons. The summed E-state index contributed by atoms with van der Waals surface area (Å²) in [5.74, 6) is -0.237. The fourth-order valence-corrected chi connectivity index (χ4v) is 5.71. The van der Waals surface area contributed by atoms with E-state index >= 15 is 0 Å². The number of rotatable bonds is 4. The number of primary amides is 1. The van der Waals surface area contributed by atoms with E-state index in [1.165, 1.54) is 0 Å². The van der Waals surface area contributed by atoms with Gasteiger partial charge in [0.25, 0.3) is 0 Å². The van der Waals surface area contributed by atoms with Gasteiger partial charge in [-0.1, -0.05) is 13.8 Å². The third-order valence-electron chi connectivity index (χ3n) is 7.30. The second kappa shape index (κ2) is 8.13. The molecule has 0 spiro atoms. The molecule has 1 saturated carbocycles. The van der Waals surface area contributed by atoms with Gasteiger partial charge in [0.15, 0.2) is 5.78 Å².